The predicted octanol–water partition coefficient (Wildman–Crippen LogP) is 3.71. The van der Waals surface area contributed by atoms with Gasteiger partial charge in [0.05, 0.1) is 23.0 Å². The van der Waals surface area contributed by atoms with E-state index in [2.05, 4.69) is 10.5 Å². The van der Waals surface area contributed by atoms with Crippen LogP contribution >= 0.6 is 0 Å². The molecule has 8 heteroatoms. The summed E-state index contributed by atoms with van der Waals surface area (Å²) in [5, 5.41) is 25.0. The Kier molecular flexibility index (Phi) is 6.60. The number of fused-ring (bicyclic) bond motifs is 1. The fraction of sp³-hybridized carbons (Fsp3) is 0.111. The topological polar surface area (TPSA) is 117 Å². The first-order chi connectivity index (χ1) is 16.9. The summed E-state index contributed by atoms with van der Waals surface area (Å²) in [7, 11) is 0. The third-order valence-electron chi connectivity index (χ3n) is 5.60. The van der Waals surface area contributed by atoms with Crippen LogP contribution in [0.1, 0.15) is 22.3 Å². The molecule has 0 aliphatic rings. The molecule has 2 N–H and O–H groups in total. The smallest absolute Gasteiger partial charge is 0.277 e. The van der Waals surface area contributed by atoms with Gasteiger partial charge in [0, 0.05) is 10.8 Å². The Bertz CT molecular complexity index is 1560. The molecule has 0 aliphatic carbocycles. The minimum atomic E-state index is -0.555. The van der Waals surface area contributed by atoms with Crippen LogP contribution in [0.3, 0.4) is 0 Å². The van der Waals surface area contributed by atoms with Crippen LogP contribution in [0.15, 0.2) is 76.6 Å². The number of nitrogens with zero attached hydrogens (tertiary/aromatic N) is 3. The fourth-order valence-corrected chi connectivity index (χ4v) is 3.62. The number of aromatic nitrogens is 1. The lowest BCUT2D eigenvalue weighted by atomic mass is 10.1. The van der Waals surface area contributed by atoms with Gasteiger partial charge in [-0.05, 0) is 55.3 Å². The number of carbonyl (C=O) groups excluding carboxylic acids is 1. The standard InChI is InChI=1S/C27H22N4O4/c1-17-11-12-20(13-18(17)2)31-26(33)22-9-5-4-8-21(22)23(27(31)34)15-29-30-25(32)16-35-24-10-6-3-7-19(24)14-28/h3-13,15,34H,16H2,1-2H3,(H,30,32). The molecule has 0 saturated heterocycles. The van der Waals surface area contributed by atoms with E-state index in [9.17, 15) is 14.7 Å². The van der Waals surface area contributed by atoms with Crippen molar-refractivity contribution in [1.82, 2.24) is 9.99 Å². The molecule has 0 atom stereocenters. The number of hydrogen-bond donors (Lipinski definition) is 2. The molecule has 1 aromatic heterocycles. The van der Waals surface area contributed by atoms with Gasteiger partial charge in [-0.25, -0.2) is 9.99 Å². The quantitative estimate of drug-likeness (QED) is 0.332. The van der Waals surface area contributed by atoms with Gasteiger partial charge < -0.3 is 9.84 Å². The summed E-state index contributed by atoms with van der Waals surface area (Å²) in [4.78, 5) is 25.4. The van der Waals surface area contributed by atoms with E-state index in [-0.39, 0.29) is 23.6 Å². The Labute approximate surface area is 201 Å². The van der Waals surface area contributed by atoms with Crippen LogP contribution in [-0.2, 0) is 4.79 Å². The first-order valence-electron chi connectivity index (χ1n) is 10.8. The summed E-state index contributed by atoms with van der Waals surface area (Å²) in [5.74, 6) is -0.562. The molecule has 0 fully saturated rings. The van der Waals surface area contributed by atoms with Crippen molar-refractivity contribution in [1.29, 1.82) is 5.26 Å². The van der Waals surface area contributed by atoms with Crippen molar-refractivity contribution >= 4 is 22.9 Å². The molecule has 0 radical (unpaired) electrons. The molecule has 0 bridgehead atoms. The molecule has 0 aliphatic heterocycles. The van der Waals surface area contributed by atoms with Crippen LogP contribution < -0.4 is 15.7 Å². The largest absolute Gasteiger partial charge is 0.494 e. The van der Waals surface area contributed by atoms with Gasteiger partial charge in [-0.1, -0.05) is 36.4 Å². The highest BCUT2D eigenvalue weighted by molar-refractivity contribution is 6.02. The van der Waals surface area contributed by atoms with Crippen molar-refractivity contribution < 1.29 is 14.6 Å². The average Bonchev–Trinajstić information content (AvgIpc) is 2.87. The minimum absolute atomic E-state index is 0.273. The monoisotopic (exact) mass is 466 g/mol. The van der Waals surface area contributed by atoms with Gasteiger partial charge in [0.25, 0.3) is 11.5 Å². The number of nitrogens with one attached hydrogen (secondary N) is 1. The second kappa shape index (κ2) is 9.93. The Balaban J connectivity index is 1.63. The van der Waals surface area contributed by atoms with E-state index in [1.165, 1.54) is 10.8 Å². The summed E-state index contributed by atoms with van der Waals surface area (Å²) in [6, 6.07) is 20.9. The number of carbonyl (C=O) groups is 1. The van der Waals surface area contributed by atoms with Gasteiger partial charge in [0.1, 0.15) is 11.8 Å². The van der Waals surface area contributed by atoms with Crippen molar-refractivity contribution in [2.45, 2.75) is 13.8 Å². The van der Waals surface area contributed by atoms with Crippen molar-refractivity contribution in [3.63, 3.8) is 0 Å². The number of pyridine rings is 1. The van der Waals surface area contributed by atoms with Gasteiger partial charge in [-0.3, -0.25) is 9.59 Å². The lowest BCUT2D eigenvalue weighted by Crippen LogP contribution is -2.25. The zero-order valence-corrected chi connectivity index (χ0v) is 19.1. The molecule has 8 nitrogen and oxygen atoms in total. The first-order valence-corrected chi connectivity index (χ1v) is 10.8. The Morgan fingerprint density at radius 2 is 1.80 bits per heavy atom. The van der Waals surface area contributed by atoms with Gasteiger partial charge >= 0.3 is 0 Å². The summed E-state index contributed by atoms with van der Waals surface area (Å²) in [5.41, 5.74) is 5.12. The minimum Gasteiger partial charge on any atom is -0.494 e. The summed E-state index contributed by atoms with van der Waals surface area (Å²) in [6.45, 7) is 3.54. The number of nitriles is 1. The van der Waals surface area contributed by atoms with Crippen LogP contribution in [0.4, 0.5) is 0 Å². The number of benzene rings is 3. The number of rotatable bonds is 6. The van der Waals surface area contributed by atoms with E-state index in [0.717, 1.165) is 11.1 Å². The van der Waals surface area contributed by atoms with E-state index >= 15 is 0 Å². The van der Waals surface area contributed by atoms with Crippen LogP contribution in [0, 0.1) is 25.2 Å². The molecule has 0 saturated carbocycles. The number of para-hydroxylation sites is 1. The molecule has 0 unspecified atom stereocenters. The van der Waals surface area contributed by atoms with Crippen LogP contribution in [0.5, 0.6) is 11.6 Å². The highest BCUT2D eigenvalue weighted by Crippen LogP contribution is 2.26. The number of aryl methyl sites for hydroxylation is 2. The van der Waals surface area contributed by atoms with E-state index < -0.39 is 5.91 Å². The molecular weight excluding hydrogens is 444 g/mol. The molecule has 0 spiro atoms. The van der Waals surface area contributed by atoms with Gasteiger partial charge in [0.2, 0.25) is 5.88 Å². The highest BCUT2D eigenvalue weighted by atomic mass is 16.5. The molecule has 35 heavy (non-hydrogen) atoms. The molecular formula is C27H22N4O4. The molecule has 1 amide bonds. The van der Waals surface area contributed by atoms with Gasteiger partial charge in [-0.2, -0.15) is 10.4 Å². The maximum Gasteiger partial charge on any atom is 0.277 e. The summed E-state index contributed by atoms with van der Waals surface area (Å²) >= 11 is 0. The van der Waals surface area contributed by atoms with E-state index in [1.807, 2.05) is 32.0 Å². The third-order valence-corrected chi connectivity index (χ3v) is 5.60. The lowest BCUT2D eigenvalue weighted by Gasteiger charge is -2.14. The number of ether oxygens (including phenoxy) is 1. The van der Waals surface area contributed by atoms with Crippen LogP contribution in [0.2, 0.25) is 0 Å². The van der Waals surface area contributed by atoms with Crippen molar-refractivity contribution in [3.05, 3.63) is 99.3 Å². The fourth-order valence-electron chi connectivity index (χ4n) is 3.62. The maximum atomic E-state index is 13.2. The third kappa shape index (κ3) is 4.75. The Hall–Kier alpha value is -4.90. The molecule has 3 aromatic carbocycles. The number of amides is 1. The van der Waals surface area contributed by atoms with Crippen molar-refractivity contribution in [2.24, 2.45) is 5.10 Å². The molecule has 1 heterocycles. The Morgan fingerprint density at radius 3 is 2.54 bits per heavy atom. The summed E-state index contributed by atoms with van der Waals surface area (Å²) in [6.07, 6.45) is 1.29. The normalized spacial score (nSPS) is 10.9. The number of hydrazone groups is 1. The van der Waals surface area contributed by atoms with Crippen LogP contribution in [0.25, 0.3) is 16.5 Å². The highest BCUT2D eigenvalue weighted by Gasteiger charge is 2.17. The molecule has 174 valence electrons. The SMILES string of the molecule is Cc1ccc(-n2c(O)c(C=NNC(=O)COc3ccccc3C#N)c3ccccc3c2=O)cc1C. The summed E-state index contributed by atoms with van der Waals surface area (Å²) < 4.78 is 6.62. The second-order valence-corrected chi connectivity index (χ2v) is 7.88. The number of aromatic hydroxyl groups is 1. The Morgan fingerprint density at radius 1 is 1.09 bits per heavy atom. The lowest BCUT2D eigenvalue weighted by molar-refractivity contribution is -0.123. The average molecular weight is 466 g/mol. The second-order valence-electron chi connectivity index (χ2n) is 7.88. The zero-order chi connectivity index (χ0) is 24.9. The first kappa shape index (κ1) is 23.3. The number of hydrogen-bond acceptors (Lipinski definition) is 6. The predicted molar refractivity (Wildman–Crippen MR) is 133 cm³/mol. The van der Waals surface area contributed by atoms with Gasteiger partial charge in [-0.15, -0.1) is 0 Å². The zero-order valence-electron chi connectivity index (χ0n) is 19.1. The van der Waals surface area contributed by atoms with E-state index in [4.69, 9.17) is 10.00 Å². The van der Waals surface area contributed by atoms with E-state index in [1.54, 1.807) is 54.6 Å². The van der Waals surface area contributed by atoms with Crippen LogP contribution in [-0.4, -0.2) is 28.4 Å². The van der Waals surface area contributed by atoms with E-state index in [0.29, 0.717) is 27.8 Å². The molecule has 4 rings (SSSR count). The van der Waals surface area contributed by atoms with Crippen molar-refractivity contribution in [2.75, 3.05) is 6.61 Å². The maximum absolute atomic E-state index is 13.2. The van der Waals surface area contributed by atoms with Crippen molar-refractivity contribution in [3.8, 4) is 23.4 Å². The molecule has 4 aromatic rings. The van der Waals surface area contributed by atoms with Gasteiger partial charge in [0.15, 0.2) is 6.61 Å².